The minimum atomic E-state index is 0.447. The summed E-state index contributed by atoms with van der Waals surface area (Å²) < 4.78 is 1.99. The number of nitrogens with one attached hydrogen (secondary N) is 1. The van der Waals surface area contributed by atoms with E-state index in [0.717, 1.165) is 11.4 Å². The molecule has 15 heavy (non-hydrogen) atoms. The predicted molar refractivity (Wildman–Crippen MR) is 62.3 cm³/mol. The molecule has 0 amide bonds. The van der Waals surface area contributed by atoms with E-state index in [1.807, 2.05) is 16.8 Å². The maximum absolute atomic E-state index is 4.03. The Morgan fingerprint density at radius 1 is 1.33 bits per heavy atom. The molecule has 2 aromatic rings. The first-order chi connectivity index (χ1) is 7.25. The van der Waals surface area contributed by atoms with E-state index in [1.165, 1.54) is 0 Å². The molecule has 2 rings (SSSR count). The van der Waals surface area contributed by atoms with Gasteiger partial charge in [-0.25, -0.2) is 4.98 Å². The minimum absolute atomic E-state index is 0.447. The molecular weight excluding hydrogens is 186 g/mol. The largest absolute Gasteiger partial charge is 0.383 e. The molecule has 1 aromatic carbocycles. The number of rotatable bonds is 3. The number of imidazole rings is 1. The van der Waals surface area contributed by atoms with Gasteiger partial charge >= 0.3 is 0 Å². The summed E-state index contributed by atoms with van der Waals surface area (Å²) in [5.41, 5.74) is 2.26. The van der Waals surface area contributed by atoms with Crippen LogP contribution in [0.25, 0.3) is 5.69 Å². The van der Waals surface area contributed by atoms with E-state index >= 15 is 0 Å². The van der Waals surface area contributed by atoms with E-state index in [0.29, 0.717) is 6.04 Å². The second-order valence-corrected chi connectivity index (χ2v) is 3.82. The maximum Gasteiger partial charge on any atom is 0.0991 e. The summed E-state index contributed by atoms with van der Waals surface area (Å²) in [5.74, 6) is 0. The first-order valence-corrected chi connectivity index (χ1v) is 5.10. The number of anilines is 1. The van der Waals surface area contributed by atoms with Crippen LogP contribution in [0.3, 0.4) is 0 Å². The highest BCUT2D eigenvalue weighted by molar-refractivity contribution is 5.51. The van der Waals surface area contributed by atoms with Crippen molar-refractivity contribution in [2.45, 2.75) is 19.9 Å². The Morgan fingerprint density at radius 3 is 2.87 bits per heavy atom. The summed E-state index contributed by atoms with van der Waals surface area (Å²) in [5, 5.41) is 3.37. The Kier molecular flexibility index (Phi) is 2.72. The zero-order valence-electron chi connectivity index (χ0n) is 9.01. The molecule has 0 bridgehead atoms. The topological polar surface area (TPSA) is 29.9 Å². The quantitative estimate of drug-likeness (QED) is 0.827. The summed E-state index contributed by atoms with van der Waals surface area (Å²) in [7, 11) is 0. The van der Waals surface area contributed by atoms with Crippen molar-refractivity contribution in [3.63, 3.8) is 0 Å². The highest BCUT2D eigenvalue weighted by Crippen LogP contribution is 2.14. The van der Waals surface area contributed by atoms with E-state index in [1.54, 1.807) is 12.5 Å². The molecule has 0 saturated heterocycles. The van der Waals surface area contributed by atoms with Gasteiger partial charge in [0.15, 0.2) is 0 Å². The highest BCUT2D eigenvalue weighted by Gasteiger charge is 1.98. The molecule has 1 aromatic heterocycles. The third-order valence-electron chi connectivity index (χ3n) is 2.10. The predicted octanol–water partition coefficient (Wildman–Crippen LogP) is 2.69. The lowest BCUT2D eigenvalue weighted by atomic mass is 10.2. The zero-order chi connectivity index (χ0) is 10.7. The van der Waals surface area contributed by atoms with Crippen molar-refractivity contribution in [2.75, 3.05) is 5.32 Å². The van der Waals surface area contributed by atoms with Crippen molar-refractivity contribution in [1.29, 1.82) is 0 Å². The molecule has 0 aliphatic carbocycles. The maximum atomic E-state index is 4.03. The van der Waals surface area contributed by atoms with E-state index < -0.39 is 0 Å². The van der Waals surface area contributed by atoms with E-state index in [-0.39, 0.29) is 0 Å². The number of hydrogen-bond donors (Lipinski definition) is 1. The third-order valence-corrected chi connectivity index (χ3v) is 2.10. The fourth-order valence-electron chi connectivity index (χ4n) is 1.50. The normalized spacial score (nSPS) is 10.6. The zero-order valence-corrected chi connectivity index (χ0v) is 9.01. The number of benzene rings is 1. The second kappa shape index (κ2) is 4.17. The smallest absolute Gasteiger partial charge is 0.0991 e. The van der Waals surface area contributed by atoms with Gasteiger partial charge in [-0.2, -0.15) is 0 Å². The molecule has 0 radical (unpaired) electrons. The highest BCUT2D eigenvalue weighted by atomic mass is 15.0. The van der Waals surface area contributed by atoms with Crippen LogP contribution >= 0.6 is 0 Å². The van der Waals surface area contributed by atoms with Crippen LogP contribution in [-0.4, -0.2) is 15.6 Å². The number of aromatic nitrogens is 2. The van der Waals surface area contributed by atoms with Crippen LogP contribution in [0.5, 0.6) is 0 Å². The first-order valence-electron chi connectivity index (χ1n) is 5.10. The molecule has 1 heterocycles. The monoisotopic (exact) mass is 201 g/mol. The molecule has 3 heteroatoms. The van der Waals surface area contributed by atoms with Crippen molar-refractivity contribution in [3.8, 4) is 5.69 Å². The van der Waals surface area contributed by atoms with Crippen molar-refractivity contribution in [2.24, 2.45) is 0 Å². The number of nitrogens with zero attached hydrogens (tertiary/aromatic N) is 2. The molecule has 0 aliphatic heterocycles. The van der Waals surface area contributed by atoms with Crippen molar-refractivity contribution in [3.05, 3.63) is 43.0 Å². The van der Waals surface area contributed by atoms with E-state index in [9.17, 15) is 0 Å². The van der Waals surface area contributed by atoms with Gasteiger partial charge in [0.2, 0.25) is 0 Å². The lowest BCUT2D eigenvalue weighted by molar-refractivity contribution is 0.898. The average Bonchev–Trinajstić information content (AvgIpc) is 2.69. The molecule has 78 valence electrons. The molecule has 1 N–H and O–H groups in total. The molecule has 0 fully saturated rings. The van der Waals surface area contributed by atoms with E-state index in [4.69, 9.17) is 0 Å². The second-order valence-electron chi connectivity index (χ2n) is 3.82. The molecule has 0 aliphatic rings. The van der Waals surface area contributed by atoms with Gasteiger partial charge in [-0.1, -0.05) is 6.07 Å². The standard InChI is InChI=1S/C12H15N3/c1-10(2)14-11-4-3-5-12(8-11)15-7-6-13-9-15/h3-10,14H,1-2H3. The Bertz CT molecular complexity index is 418. The molecule has 0 unspecified atom stereocenters. The van der Waals surface area contributed by atoms with Gasteiger partial charge in [0.05, 0.1) is 6.33 Å². The van der Waals surface area contributed by atoms with Crippen LogP contribution < -0.4 is 5.32 Å². The Labute approximate surface area is 89.8 Å². The number of hydrogen-bond acceptors (Lipinski definition) is 2. The Morgan fingerprint density at radius 2 is 2.20 bits per heavy atom. The fraction of sp³-hybridized carbons (Fsp3) is 0.250. The molecule has 0 atom stereocenters. The SMILES string of the molecule is CC(C)Nc1cccc(-n2ccnc2)c1. The van der Waals surface area contributed by atoms with Crippen LogP contribution in [0.4, 0.5) is 5.69 Å². The fourth-order valence-corrected chi connectivity index (χ4v) is 1.50. The summed E-state index contributed by atoms with van der Waals surface area (Å²) >= 11 is 0. The summed E-state index contributed by atoms with van der Waals surface area (Å²) in [4.78, 5) is 4.03. The first kappa shape index (κ1) is 9.77. The van der Waals surface area contributed by atoms with Crippen molar-refractivity contribution in [1.82, 2.24) is 9.55 Å². The van der Waals surface area contributed by atoms with Gasteiger partial charge in [-0.15, -0.1) is 0 Å². The van der Waals surface area contributed by atoms with Gasteiger partial charge in [-0.05, 0) is 32.0 Å². The Balaban J connectivity index is 2.27. The van der Waals surface area contributed by atoms with Gasteiger partial charge in [0, 0.05) is 29.8 Å². The van der Waals surface area contributed by atoms with Crippen LogP contribution in [0.2, 0.25) is 0 Å². The summed E-state index contributed by atoms with van der Waals surface area (Å²) in [6, 6.07) is 8.73. The van der Waals surface area contributed by atoms with Gasteiger partial charge < -0.3 is 9.88 Å². The van der Waals surface area contributed by atoms with Gasteiger partial charge in [-0.3, -0.25) is 0 Å². The summed E-state index contributed by atoms with van der Waals surface area (Å²) in [6.45, 7) is 4.26. The molecular formula is C12H15N3. The minimum Gasteiger partial charge on any atom is -0.383 e. The van der Waals surface area contributed by atoms with E-state index in [2.05, 4.69) is 42.3 Å². The van der Waals surface area contributed by atoms with Crippen LogP contribution in [0.1, 0.15) is 13.8 Å². The molecule has 0 spiro atoms. The molecule has 0 saturated carbocycles. The Hall–Kier alpha value is -1.77. The lowest BCUT2D eigenvalue weighted by Crippen LogP contribution is -2.09. The third kappa shape index (κ3) is 2.37. The van der Waals surface area contributed by atoms with Gasteiger partial charge in [0.1, 0.15) is 0 Å². The average molecular weight is 201 g/mol. The van der Waals surface area contributed by atoms with Crippen molar-refractivity contribution < 1.29 is 0 Å². The van der Waals surface area contributed by atoms with Crippen LogP contribution in [0.15, 0.2) is 43.0 Å². The lowest BCUT2D eigenvalue weighted by Gasteiger charge is -2.11. The van der Waals surface area contributed by atoms with Gasteiger partial charge in [0.25, 0.3) is 0 Å². The summed E-state index contributed by atoms with van der Waals surface area (Å²) in [6.07, 6.45) is 5.52. The van der Waals surface area contributed by atoms with Crippen molar-refractivity contribution >= 4 is 5.69 Å². The molecule has 3 nitrogen and oxygen atoms in total. The van der Waals surface area contributed by atoms with Crippen LogP contribution in [-0.2, 0) is 0 Å². The van der Waals surface area contributed by atoms with Crippen LogP contribution in [0, 0.1) is 0 Å².